The Morgan fingerprint density at radius 2 is 1.54 bits per heavy atom. The highest BCUT2D eigenvalue weighted by Gasteiger charge is 1.97. The van der Waals surface area contributed by atoms with Gasteiger partial charge in [-0.25, -0.2) is 19.9 Å². The van der Waals surface area contributed by atoms with Crippen LogP contribution in [0.3, 0.4) is 0 Å². The van der Waals surface area contributed by atoms with E-state index >= 15 is 0 Å². The fourth-order valence-corrected chi connectivity index (χ4v) is 2.56. The van der Waals surface area contributed by atoms with Crippen molar-refractivity contribution in [1.29, 1.82) is 0 Å². The number of anilines is 2. The summed E-state index contributed by atoms with van der Waals surface area (Å²) in [6, 6.07) is 3.29. The largest absolute Gasteiger partial charge is 0.432 e. The maximum Gasteiger partial charge on any atom is 0.294 e. The van der Waals surface area contributed by atoms with Gasteiger partial charge in [-0.1, -0.05) is 13.8 Å². The van der Waals surface area contributed by atoms with Crippen LogP contribution in [-0.4, -0.2) is 32.0 Å². The quantitative estimate of drug-likeness (QED) is 0.588. The lowest BCUT2D eigenvalue weighted by atomic mass is 10.1. The summed E-state index contributed by atoms with van der Waals surface area (Å²) in [5.74, 6) is 1.58. The van der Waals surface area contributed by atoms with Crippen molar-refractivity contribution in [3.8, 4) is 0 Å². The number of aromatic nitrogens is 4. The van der Waals surface area contributed by atoms with Gasteiger partial charge in [0.1, 0.15) is 12.1 Å². The topological polar surface area (TPSA) is 88.8 Å². The molecule has 7 nitrogen and oxygen atoms in total. The van der Waals surface area contributed by atoms with Crippen LogP contribution in [0.5, 0.6) is 0 Å². The second-order valence-electron chi connectivity index (χ2n) is 7.04. The molecule has 0 atom stereocenters. The van der Waals surface area contributed by atoms with E-state index in [0.717, 1.165) is 17.4 Å². The fourth-order valence-electron chi connectivity index (χ4n) is 1.88. The standard InChI is InChI=1S/C8H12N2.C6H10N2O.C6H10N2S/c1-7(2)6-8-9-4-3-5-10-8;2*1-5(2)8-6-7-3-4-9-6/h3-5,7H,6H2,1-2H3;2*3-5H,1-2H3,(H,7,8). The number of rotatable bonds is 6. The second kappa shape index (κ2) is 13.7. The van der Waals surface area contributed by atoms with E-state index < -0.39 is 0 Å². The Bertz CT molecular complexity index is 659. The van der Waals surface area contributed by atoms with Crippen molar-refractivity contribution in [2.45, 2.75) is 60.0 Å². The molecule has 8 heteroatoms. The van der Waals surface area contributed by atoms with Crippen LogP contribution < -0.4 is 10.6 Å². The van der Waals surface area contributed by atoms with E-state index in [4.69, 9.17) is 4.42 Å². The maximum absolute atomic E-state index is 4.92. The van der Waals surface area contributed by atoms with Gasteiger partial charge in [0.05, 0.1) is 6.20 Å². The first kappa shape index (κ1) is 23.6. The van der Waals surface area contributed by atoms with Crippen molar-refractivity contribution in [3.05, 3.63) is 48.3 Å². The van der Waals surface area contributed by atoms with Crippen LogP contribution in [-0.2, 0) is 6.42 Å². The van der Waals surface area contributed by atoms with Gasteiger partial charge in [0, 0.05) is 42.5 Å². The zero-order valence-corrected chi connectivity index (χ0v) is 18.4. The lowest BCUT2D eigenvalue weighted by Crippen LogP contribution is -2.09. The molecule has 0 unspecified atom stereocenters. The number of oxazole rings is 1. The molecule has 0 fully saturated rings. The molecule has 0 aliphatic heterocycles. The van der Waals surface area contributed by atoms with E-state index in [2.05, 4.69) is 58.3 Å². The Morgan fingerprint density at radius 1 is 0.857 bits per heavy atom. The Kier molecular flexibility index (Phi) is 11.5. The predicted molar refractivity (Wildman–Crippen MR) is 117 cm³/mol. The molecule has 0 amide bonds. The third-order valence-electron chi connectivity index (χ3n) is 2.90. The van der Waals surface area contributed by atoms with E-state index in [9.17, 15) is 0 Å². The molecule has 0 aromatic carbocycles. The lowest BCUT2D eigenvalue weighted by molar-refractivity contribution is 0.564. The minimum Gasteiger partial charge on any atom is -0.432 e. The molecular formula is C20H32N6OS. The Labute approximate surface area is 172 Å². The Balaban J connectivity index is 0.000000210. The first-order chi connectivity index (χ1) is 13.4. The number of nitrogens with one attached hydrogen (secondary N) is 2. The van der Waals surface area contributed by atoms with Crippen molar-refractivity contribution in [2.24, 2.45) is 5.92 Å². The van der Waals surface area contributed by atoms with Gasteiger partial charge in [0.2, 0.25) is 0 Å². The normalized spacial score (nSPS) is 10.2. The van der Waals surface area contributed by atoms with Gasteiger partial charge in [-0.15, -0.1) is 11.3 Å². The molecule has 0 radical (unpaired) electrons. The molecule has 0 bridgehead atoms. The highest BCUT2D eigenvalue weighted by atomic mass is 32.1. The summed E-state index contributed by atoms with van der Waals surface area (Å²) in [7, 11) is 0. The van der Waals surface area contributed by atoms with Crippen LogP contribution in [0.4, 0.5) is 11.1 Å². The molecule has 3 aromatic rings. The zero-order valence-electron chi connectivity index (χ0n) is 17.6. The third kappa shape index (κ3) is 12.0. The van der Waals surface area contributed by atoms with Gasteiger partial charge >= 0.3 is 0 Å². The van der Waals surface area contributed by atoms with Gasteiger partial charge < -0.3 is 15.1 Å². The number of hydrogen-bond acceptors (Lipinski definition) is 8. The number of nitrogens with zero attached hydrogens (tertiary/aromatic N) is 4. The summed E-state index contributed by atoms with van der Waals surface area (Å²) in [6.07, 6.45) is 9.50. The zero-order chi connectivity index (χ0) is 20.8. The molecule has 0 spiro atoms. The molecule has 0 saturated carbocycles. The van der Waals surface area contributed by atoms with Gasteiger partial charge in [-0.05, 0) is 39.7 Å². The van der Waals surface area contributed by atoms with E-state index in [1.807, 2.05) is 25.3 Å². The SMILES string of the molecule is CC(C)Cc1ncccn1.CC(C)Nc1ncco1.CC(C)Nc1nccs1. The van der Waals surface area contributed by atoms with Crippen LogP contribution in [0, 0.1) is 5.92 Å². The molecule has 0 aliphatic rings. The molecule has 3 aromatic heterocycles. The van der Waals surface area contributed by atoms with Crippen LogP contribution in [0.25, 0.3) is 0 Å². The van der Waals surface area contributed by atoms with E-state index in [1.165, 1.54) is 0 Å². The van der Waals surface area contributed by atoms with E-state index in [-0.39, 0.29) is 0 Å². The minimum atomic E-state index is 0.378. The summed E-state index contributed by atoms with van der Waals surface area (Å²) in [5, 5.41) is 9.17. The third-order valence-corrected chi connectivity index (χ3v) is 3.60. The van der Waals surface area contributed by atoms with Crippen molar-refractivity contribution >= 4 is 22.5 Å². The monoisotopic (exact) mass is 404 g/mol. The number of thiazole rings is 1. The van der Waals surface area contributed by atoms with Crippen LogP contribution in [0.2, 0.25) is 0 Å². The van der Waals surface area contributed by atoms with Crippen molar-refractivity contribution in [3.63, 3.8) is 0 Å². The van der Waals surface area contributed by atoms with Crippen LogP contribution in [0.15, 0.2) is 46.9 Å². The van der Waals surface area contributed by atoms with Gasteiger partial charge in [-0.3, -0.25) is 0 Å². The summed E-state index contributed by atoms with van der Waals surface area (Å²) >= 11 is 1.63. The summed E-state index contributed by atoms with van der Waals surface area (Å²) in [5.41, 5.74) is 0. The lowest BCUT2D eigenvalue weighted by Gasteiger charge is -2.03. The predicted octanol–water partition coefficient (Wildman–Crippen LogP) is 5.13. The summed E-state index contributed by atoms with van der Waals surface area (Å²) in [6.45, 7) is 12.6. The highest BCUT2D eigenvalue weighted by molar-refractivity contribution is 7.13. The average molecular weight is 405 g/mol. The molecule has 2 N–H and O–H groups in total. The summed E-state index contributed by atoms with van der Waals surface area (Å²) in [4.78, 5) is 16.2. The highest BCUT2D eigenvalue weighted by Crippen LogP contribution is 2.10. The molecule has 28 heavy (non-hydrogen) atoms. The average Bonchev–Trinajstić information content (AvgIpc) is 3.29. The molecule has 3 heterocycles. The van der Waals surface area contributed by atoms with Crippen LogP contribution in [0.1, 0.15) is 47.4 Å². The smallest absolute Gasteiger partial charge is 0.294 e. The fraction of sp³-hybridized carbons (Fsp3) is 0.500. The number of hydrogen-bond donors (Lipinski definition) is 2. The van der Waals surface area contributed by atoms with Crippen molar-refractivity contribution in [1.82, 2.24) is 19.9 Å². The van der Waals surface area contributed by atoms with Gasteiger partial charge in [-0.2, -0.15) is 0 Å². The minimum absolute atomic E-state index is 0.378. The molecule has 0 saturated heterocycles. The molecular weight excluding hydrogens is 372 g/mol. The first-order valence-corrected chi connectivity index (χ1v) is 10.3. The molecule has 3 rings (SSSR count). The van der Waals surface area contributed by atoms with Crippen LogP contribution >= 0.6 is 11.3 Å². The van der Waals surface area contributed by atoms with Gasteiger partial charge in [0.25, 0.3) is 6.01 Å². The Morgan fingerprint density at radius 3 is 2.00 bits per heavy atom. The first-order valence-electron chi connectivity index (χ1n) is 9.44. The second-order valence-corrected chi connectivity index (χ2v) is 7.93. The molecule has 154 valence electrons. The van der Waals surface area contributed by atoms with Crippen molar-refractivity contribution < 1.29 is 4.42 Å². The van der Waals surface area contributed by atoms with E-state index in [0.29, 0.717) is 24.0 Å². The Hall–Kier alpha value is -2.48. The van der Waals surface area contributed by atoms with Crippen molar-refractivity contribution in [2.75, 3.05) is 10.6 Å². The summed E-state index contributed by atoms with van der Waals surface area (Å²) < 4.78 is 4.92. The van der Waals surface area contributed by atoms with Gasteiger partial charge in [0.15, 0.2) is 5.13 Å². The molecule has 0 aliphatic carbocycles. The van der Waals surface area contributed by atoms with E-state index in [1.54, 1.807) is 42.4 Å². The maximum atomic E-state index is 4.92.